The number of hydrogen-bond acceptors (Lipinski definition) is 4. The van der Waals surface area contributed by atoms with Crippen LogP contribution in [0.4, 0.5) is 0 Å². The van der Waals surface area contributed by atoms with Crippen molar-refractivity contribution in [1.29, 1.82) is 0 Å². The number of likely N-dealkylation sites (tertiary alicyclic amines) is 1. The lowest BCUT2D eigenvalue weighted by Gasteiger charge is -2.32. The zero-order valence-electron chi connectivity index (χ0n) is 11.8. The normalized spacial score (nSPS) is 20.4. The average molecular weight is 275 g/mol. The van der Waals surface area contributed by atoms with Gasteiger partial charge in [-0.25, -0.2) is 4.98 Å². The largest absolute Gasteiger partial charge is 0.455 e. The summed E-state index contributed by atoms with van der Waals surface area (Å²) in [5, 5.41) is 9.09. The van der Waals surface area contributed by atoms with Crippen molar-refractivity contribution in [3.63, 3.8) is 0 Å². The maximum atomic E-state index is 9.09. The Labute approximate surface area is 118 Å². The fraction of sp³-hybridized carbons (Fsp3) is 0.533. The predicted molar refractivity (Wildman–Crippen MR) is 76.1 cm³/mol. The van der Waals surface area contributed by atoms with Gasteiger partial charge in [0.15, 0.2) is 11.6 Å². The topological polar surface area (TPSA) is 54.4 Å². The van der Waals surface area contributed by atoms with E-state index in [0.29, 0.717) is 11.8 Å². The molecular formula is C15H21N3O2. The number of hydrogen-bond donors (Lipinski definition) is 1. The molecule has 0 aliphatic carbocycles. The SMILES string of the molecule is CN1CCCCC1Cn1ccnc1-c1ccc(CO)o1. The first-order chi connectivity index (χ1) is 9.78. The van der Waals surface area contributed by atoms with Crippen LogP contribution in [0.3, 0.4) is 0 Å². The Bertz CT molecular complexity index is 561. The van der Waals surface area contributed by atoms with Gasteiger partial charge in [0.05, 0.1) is 0 Å². The van der Waals surface area contributed by atoms with Crippen molar-refractivity contribution in [3.8, 4) is 11.6 Å². The minimum atomic E-state index is -0.0773. The van der Waals surface area contributed by atoms with E-state index >= 15 is 0 Å². The molecule has 108 valence electrons. The molecule has 1 N–H and O–H groups in total. The van der Waals surface area contributed by atoms with Gasteiger partial charge in [-0.15, -0.1) is 0 Å². The molecule has 1 aliphatic heterocycles. The lowest BCUT2D eigenvalue weighted by atomic mass is 10.0. The molecule has 2 aromatic rings. The highest BCUT2D eigenvalue weighted by Crippen LogP contribution is 2.23. The molecule has 0 aromatic carbocycles. The summed E-state index contributed by atoms with van der Waals surface area (Å²) in [5.41, 5.74) is 0. The van der Waals surface area contributed by atoms with E-state index in [2.05, 4.69) is 21.5 Å². The van der Waals surface area contributed by atoms with Crippen LogP contribution < -0.4 is 0 Å². The molecule has 2 aromatic heterocycles. The summed E-state index contributed by atoms with van der Waals surface area (Å²) in [5.74, 6) is 2.13. The van der Waals surface area contributed by atoms with Gasteiger partial charge in [0.1, 0.15) is 12.4 Å². The lowest BCUT2D eigenvalue weighted by molar-refractivity contribution is 0.167. The molecule has 1 atom stereocenters. The maximum Gasteiger partial charge on any atom is 0.176 e. The summed E-state index contributed by atoms with van der Waals surface area (Å²) in [7, 11) is 2.19. The van der Waals surface area contributed by atoms with Crippen molar-refractivity contribution in [3.05, 3.63) is 30.3 Å². The number of likely N-dealkylation sites (N-methyl/N-ethyl adjacent to an activating group) is 1. The first kappa shape index (κ1) is 13.4. The van der Waals surface area contributed by atoms with Gasteiger partial charge in [-0.2, -0.15) is 0 Å². The van der Waals surface area contributed by atoms with Gasteiger partial charge in [0.2, 0.25) is 0 Å². The van der Waals surface area contributed by atoms with E-state index in [-0.39, 0.29) is 6.61 Å². The second-order valence-corrected chi connectivity index (χ2v) is 5.46. The molecule has 1 aliphatic rings. The van der Waals surface area contributed by atoms with Gasteiger partial charge in [-0.05, 0) is 38.6 Å². The first-order valence-corrected chi connectivity index (χ1v) is 7.19. The van der Waals surface area contributed by atoms with Crippen LogP contribution in [0.1, 0.15) is 25.0 Å². The summed E-state index contributed by atoms with van der Waals surface area (Å²) in [4.78, 5) is 6.82. The minimum absolute atomic E-state index is 0.0773. The number of furan rings is 1. The predicted octanol–water partition coefficient (Wildman–Crippen LogP) is 2.12. The number of rotatable bonds is 4. The Hall–Kier alpha value is -1.59. The molecule has 5 nitrogen and oxygen atoms in total. The number of aromatic nitrogens is 2. The van der Waals surface area contributed by atoms with Crippen LogP contribution in [0, 0.1) is 0 Å². The van der Waals surface area contributed by atoms with Crippen molar-refractivity contribution in [2.75, 3.05) is 13.6 Å². The van der Waals surface area contributed by atoms with E-state index in [4.69, 9.17) is 9.52 Å². The average Bonchev–Trinajstić information content (AvgIpc) is 3.09. The Kier molecular flexibility index (Phi) is 3.89. The van der Waals surface area contributed by atoms with Crippen molar-refractivity contribution >= 4 is 0 Å². The van der Waals surface area contributed by atoms with Crippen LogP contribution in [0.15, 0.2) is 28.9 Å². The molecule has 3 heterocycles. The number of nitrogens with zero attached hydrogens (tertiary/aromatic N) is 3. The quantitative estimate of drug-likeness (QED) is 0.928. The summed E-state index contributed by atoms with van der Waals surface area (Å²) in [6.45, 7) is 2.02. The first-order valence-electron chi connectivity index (χ1n) is 7.19. The van der Waals surface area contributed by atoms with Crippen molar-refractivity contribution in [2.45, 2.75) is 38.5 Å². The number of aliphatic hydroxyl groups excluding tert-OH is 1. The van der Waals surface area contributed by atoms with E-state index in [1.54, 1.807) is 12.3 Å². The second-order valence-electron chi connectivity index (χ2n) is 5.46. The van der Waals surface area contributed by atoms with Gasteiger partial charge in [-0.3, -0.25) is 0 Å². The van der Waals surface area contributed by atoms with Gasteiger partial charge < -0.3 is 19.0 Å². The molecule has 0 bridgehead atoms. The zero-order chi connectivity index (χ0) is 13.9. The van der Waals surface area contributed by atoms with E-state index in [9.17, 15) is 0 Å². The van der Waals surface area contributed by atoms with E-state index in [1.165, 1.54) is 25.8 Å². The molecule has 1 fully saturated rings. The summed E-state index contributed by atoms with van der Waals surface area (Å²) < 4.78 is 7.73. The van der Waals surface area contributed by atoms with Crippen LogP contribution in [-0.2, 0) is 13.2 Å². The van der Waals surface area contributed by atoms with Crippen LogP contribution in [0.25, 0.3) is 11.6 Å². The van der Waals surface area contributed by atoms with Crippen LogP contribution in [0.5, 0.6) is 0 Å². The third-order valence-electron chi connectivity index (χ3n) is 4.08. The third kappa shape index (κ3) is 2.64. The minimum Gasteiger partial charge on any atom is -0.455 e. The van der Waals surface area contributed by atoms with Gasteiger partial charge in [-0.1, -0.05) is 6.42 Å². The third-order valence-corrected chi connectivity index (χ3v) is 4.08. The van der Waals surface area contributed by atoms with Crippen LogP contribution >= 0.6 is 0 Å². The lowest BCUT2D eigenvalue weighted by Crippen LogP contribution is -2.39. The second kappa shape index (κ2) is 5.81. The molecule has 3 rings (SSSR count). The summed E-state index contributed by atoms with van der Waals surface area (Å²) in [6, 6.07) is 4.22. The fourth-order valence-corrected chi connectivity index (χ4v) is 2.87. The number of aliphatic hydroxyl groups is 1. The molecule has 0 radical (unpaired) electrons. The fourth-order valence-electron chi connectivity index (χ4n) is 2.87. The smallest absolute Gasteiger partial charge is 0.176 e. The zero-order valence-corrected chi connectivity index (χ0v) is 11.8. The standard InChI is InChI=1S/C15H21N3O2/c1-17-8-3-2-4-12(17)10-18-9-7-16-15(18)14-6-5-13(11-19)20-14/h5-7,9,12,19H,2-4,8,10-11H2,1H3. The van der Waals surface area contributed by atoms with Gasteiger partial charge >= 0.3 is 0 Å². The van der Waals surface area contributed by atoms with Crippen molar-refractivity contribution in [1.82, 2.24) is 14.5 Å². The summed E-state index contributed by atoms with van der Waals surface area (Å²) >= 11 is 0. The molecule has 0 saturated carbocycles. The van der Waals surface area contributed by atoms with Crippen molar-refractivity contribution in [2.24, 2.45) is 0 Å². The van der Waals surface area contributed by atoms with E-state index in [0.717, 1.165) is 18.1 Å². The summed E-state index contributed by atoms with van der Waals surface area (Å²) in [6.07, 6.45) is 7.63. The monoisotopic (exact) mass is 275 g/mol. The number of piperidine rings is 1. The molecule has 1 saturated heterocycles. The highest BCUT2D eigenvalue weighted by atomic mass is 16.4. The molecule has 0 spiro atoms. The van der Waals surface area contributed by atoms with Gasteiger partial charge in [0.25, 0.3) is 0 Å². The van der Waals surface area contributed by atoms with Crippen LogP contribution in [0.2, 0.25) is 0 Å². The van der Waals surface area contributed by atoms with E-state index < -0.39 is 0 Å². The molecule has 20 heavy (non-hydrogen) atoms. The Morgan fingerprint density at radius 2 is 2.30 bits per heavy atom. The molecule has 1 unspecified atom stereocenters. The maximum absolute atomic E-state index is 9.09. The Morgan fingerprint density at radius 1 is 1.40 bits per heavy atom. The highest BCUT2D eigenvalue weighted by Gasteiger charge is 2.21. The Morgan fingerprint density at radius 3 is 3.05 bits per heavy atom. The Balaban J connectivity index is 1.79. The van der Waals surface area contributed by atoms with Crippen molar-refractivity contribution < 1.29 is 9.52 Å². The molecule has 0 amide bonds. The molecular weight excluding hydrogens is 254 g/mol. The van der Waals surface area contributed by atoms with E-state index in [1.807, 2.05) is 12.3 Å². The number of imidazole rings is 1. The van der Waals surface area contributed by atoms with Crippen LogP contribution in [-0.4, -0.2) is 39.2 Å². The molecule has 5 heteroatoms. The van der Waals surface area contributed by atoms with Gasteiger partial charge in [0, 0.05) is 25.0 Å². The highest BCUT2D eigenvalue weighted by molar-refractivity contribution is 5.47.